The fourth-order valence-corrected chi connectivity index (χ4v) is 6.16. The molecule has 1 fully saturated rings. The highest BCUT2D eigenvalue weighted by molar-refractivity contribution is 7.92. The van der Waals surface area contributed by atoms with Crippen molar-refractivity contribution in [1.29, 1.82) is 0 Å². The monoisotopic (exact) mass is 577 g/mol. The molecule has 2 aromatic rings. The Morgan fingerprint density at radius 2 is 1.79 bits per heavy atom. The second kappa shape index (κ2) is 12.9. The Balaban J connectivity index is 1.45. The Morgan fingerprint density at radius 1 is 1.08 bits per heavy atom. The van der Waals surface area contributed by atoms with Crippen LogP contribution in [0.3, 0.4) is 0 Å². The minimum Gasteiger partial charge on any atom is -0.454 e. The number of carbonyl (C=O) groups excluding carboxylic acids is 2. The lowest BCUT2D eigenvalue weighted by Crippen LogP contribution is -2.50. The molecule has 2 aromatic carbocycles. The number of amides is 2. The highest BCUT2D eigenvalue weighted by atomic mass is 35.5. The van der Waals surface area contributed by atoms with Gasteiger partial charge < -0.3 is 19.7 Å². The van der Waals surface area contributed by atoms with Crippen LogP contribution < -0.4 is 19.1 Å². The van der Waals surface area contributed by atoms with E-state index >= 15 is 0 Å². The van der Waals surface area contributed by atoms with E-state index in [1.165, 1.54) is 15.6 Å². The van der Waals surface area contributed by atoms with E-state index in [9.17, 15) is 18.0 Å². The van der Waals surface area contributed by atoms with Crippen molar-refractivity contribution in [3.05, 3.63) is 53.1 Å². The number of fused-ring (bicyclic) bond motifs is 1. The second-order valence-electron chi connectivity index (χ2n) is 10.1. The number of anilines is 1. The first kappa shape index (κ1) is 29.0. The van der Waals surface area contributed by atoms with Crippen molar-refractivity contribution in [3.63, 3.8) is 0 Å². The second-order valence-corrected chi connectivity index (χ2v) is 12.4. The van der Waals surface area contributed by atoms with Crippen LogP contribution in [0.5, 0.6) is 11.5 Å². The topological polar surface area (TPSA) is 105 Å². The minimum atomic E-state index is -3.62. The molecule has 11 heteroatoms. The summed E-state index contributed by atoms with van der Waals surface area (Å²) in [6, 6.07) is 11.6. The molecule has 0 bridgehead atoms. The van der Waals surface area contributed by atoms with Crippen molar-refractivity contribution in [1.82, 2.24) is 10.2 Å². The predicted octanol–water partition coefficient (Wildman–Crippen LogP) is 4.48. The van der Waals surface area contributed by atoms with Crippen molar-refractivity contribution >= 4 is 39.1 Å². The Labute approximate surface area is 235 Å². The van der Waals surface area contributed by atoms with Gasteiger partial charge in [-0.25, -0.2) is 8.42 Å². The molecule has 1 N–H and O–H groups in total. The fraction of sp³-hybridized carbons (Fsp3) is 0.500. The highest BCUT2D eigenvalue weighted by Gasteiger charge is 2.29. The summed E-state index contributed by atoms with van der Waals surface area (Å²) in [4.78, 5) is 28.2. The molecule has 39 heavy (non-hydrogen) atoms. The van der Waals surface area contributed by atoms with Gasteiger partial charge in [-0.05, 0) is 49.9 Å². The van der Waals surface area contributed by atoms with Gasteiger partial charge in [0.15, 0.2) is 11.5 Å². The van der Waals surface area contributed by atoms with Crippen LogP contribution in [-0.4, -0.2) is 56.8 Å². The first-order chi connectivity index (χ1) is 18.6. The lowest BCUT2D eigenvalue weighted by Gasteiger charge is -2.31. The van der Waals surface area contributed by atoms with Gasteiger partial charge in [0.25, 0.3) is 0 Å². The van der Waals surface area contributed by atoms with Gasteiger partial charge in [-0.2, -0.15) is 0 Å². The van der Waals surface area contributed by atoms with Crippen LogP contribution >= 0.6 is 11.6 Å². The van der Waals surface area contributed by atoms with Crippen molar-refractivity contribution in [3.8, 4) is 11.5 Å². The van der Waals surface area contributed by atoms with Crippen molar-refractivity contribution < 1.29 is 27.5 Å². The van der Waals surface area contributed by atoms with Gasteiger partial charge in [0.1, 0.15) is 6.04 Å². The Hall–Kier alpha value is -2.98. The standard InChI is InChI=1S/C28H36ClN3O6S/c1-20(28(34)30-22-10-4-3-5-11-22)31(18-21-9-6-7-12-24(21)29)27(33)13-8-16-32(39(2,35)36)23-14-15-25-26(17-23)38-19-37-25/h6-7,9,12,14-15,17,20,22H,3-5,8,10-11,13,16,18-19H2,1-2H3,(H,30,34)/t20-/m0/s1. The predicted molar refractivity (Wildman–Crippen MR) is 150 cm³/mol. The number of nitrogens with zero attached hydrogens (tertiary/aromatic N) is 2. The van der Waals surface area contributed by atoms with E-state index < -0.39 is 16.1 Å². The Bertz CT molecular complexity index is 1280. The molecule has 4 rings (SSSR count). The first-order valence-electron chi connectivity index (χ1n) is 13.3. The Kier molecular flexibility index (Phi) is 9.61. The molecule has 212 valence electrons. The number of nitrogens with one attached hydrogen (secondary N) is 1. The van der Waals surface area contributed by atoms with E-state index in [2.05, 4.69) is 5.32 Å². The van der Waals surface area contributed by atoms with E-state index in [0.29, 0.717) is 22.2 Å². The zero-order chi connectivity index (χ0) is 28.0. The maximum Gasteiger partial charge on any atom is 0.242 e. The summed E-state index contributed by atoms with van der Waals surface area (Å²) in [6.07, 6.45) is 6.68. The number of ether oxygens (including phenoxy) is 2. The minimum absolute atomic E-state index is 0.0576. The van der Waals surface area contributed by atoms with E-state index in [1.807, 2.05) is 18.2 Å². The zero-order valence-corrected chi connectivity index (χ0v) is 24.0. The molecule has 1 saturated carbocycles. The van der Waals surface area contributed by atoms with Gasteiger partial charge in [-0.15, -0.1) is 0 Å². The Morgan fingerprint density at radius 3 is 2.51 bits per heavy atom. The van der Waals surface area contributed by atoms with Crippen LogP contribution in [0.2, 0.25) is 5.02 Å². The summed E-state index contributed by atoms with van der Waals surface area (Å²) in [5.74, 6) is 0.583. The zero-order valence-electron chi connectivity index (χ0n) is 22.4. The molecule has 2 amide bonds. The number of carbonyl (C=O) groups is 2. The van der Waals surface area contributed by atoms with Crippen LogP contribution in [0, 0.1) is 0 Å². The molecule has 2 aliphatic rings. The number of halogens is 1. The third kappa shape index (κ3) is 7.57. The molecule has 1 heterocycles. The SMILES string of the molecule is C[C@@H](C(=O)NC1CCCCC1)N(Cc1ccccc1Cl)C(=O)CCCN(c1ccc2c(c1)OCO2)S(C)(=O)=O. The lowest BCUT2D eigenvalue weighted by atomic mass is 9.95. The number of hydrogen-bond acceptors (Lipinski definition) is 6. The molecule has 0 aromatic heterocycles. The van der Waals surface area contributed by atoms with E-state index in [0.717, 1.165) is 37.5 Å². The van der Waals surface area contributed by atoms with Crippen LogP contribution in [-0.2, 0) is 26.2 Å². The van der Waals surface area contributed by atoms with Gasteiger partial charge in [0, 0.05) is 36.6 Å². The number of rotatable bonds is 11. The van der Waals surface area contributed by atoms with Gasteiger partial charge >= 0.3 is 0 Å². The molecule has 9 nitrogen and oxygen atoms in total. The molecule has 0 unspecified atom stereocenters. The normalized spacial score (nSPS) is 16.0. The molecule has 0 radical (unpaired) electrons. The van der Waals surface area contributed by atoms with Crippen LogP contribution in [0.15, 0.2) is 42.5 Å². The number of benzene rings is 2. The van der Waals surface area contributed by atoms with Crippen molar-refractivity contribution in [2.45, 2.75) is 70.5 Å². The van der Waals surface area contributed by atoms with Gasteiger partial charge in [0.2, 0.25) is 28.6 Å². The summed E-state index contributed by atoms with van der Waals surface area (Å²) in [5.41, 5.74) is 1.17. The fourth-order valence-electron chi connectivity index (χ4n) is 5.01. The van der Waals surface area contributed by atoms with Gasteiger partial charge in [-0.1, -0.05) is 49.1 Å². The molecular formula is C28H36ClN3O6S. The molecule has 0 spiro atoms. The summed E-state index contributed by atoms with van der Waals surface area (Å²) in [7, 11) is -3.62. The third-order valence-electron chi connectivity index (χ3n) is 7.21. The van der Waals surface area contributed by atoms with Gasteiger partial charge in [-0.3, -0.25) is 13.9 Å². The highest BCUT2D eigenvalue weighted by Crippen LogP contribution is 2.36. The average Bonchev–Trinajstić information content (AvgIpc) is 3.38. The summed E-state index contributed by atoms with van der Waals surface area (Å²) >= 11 is 6.39. The molecule has 0 saturated heterocycles. The summed E-state index contributed by atoms with van der Waals surface area (Å²) in [5, 5.41) is 3.63. The average molecular weight is 578 g/mol. The molecule has 1 atom stereocenters. The van der Waals surface area contributed by atoms with E-state index in [-0.39, 0.29) is 50.6 Å². The maximum atomic E-state index is 13.5. The van der Waals surface area contributed by atoms with Crippen LogP contribution in [0.25, 0.3) is 0 Å². The molecule has 1 aliphatic carbocycles. The largest absolute Gasteiger partial charge is 0.454 e. The molecule has 1 aliphatic heterocycles. The molecular weight excluding hydrogens is 542 g/mol. The van der Waals surface area contributed by atoms with E-state index in [1.54, 1.807) is 31.2 Å². The van der Waals surface area contributed by atoms with E-state index in [4.69, 9.17) is 21.1 Å². The maximum absolute atomic E-state index is 13.5. The smallest absolute Gasteiger partial charge is 0.242 e. The lowest BCUT2D eigenvalue weighted by molar-refractivity contribution is -0.141. The van der Waals surface area contributed by atoms with Crippen LogP contribution in [0.4, 0.5) is 5.69 Å². The number of hydrogen-bond donors (Lipinski definition) is 1. The third-order valence-corrected chi connectivity index (χ3v) is 8.78. The summed E-state index contributed by atoms with van der Waals surface area (Å²) < 4.78 is 37.2. The van der Waals surface area contributed by atoms with Gasteiger partial charge in [0.05, 0.1) is 11.9 Å². The van der Waals surface area contributed by atoms with Crippen molar-refractivity contribution in [2.75, 3.05) is 23.9 Å². The quantitative estimate of drug-likeness (QED) is 0.422. The van der Waals surface area contributed by atoms with Crippen molar-refractivity contribution in [2.24, 2.45) is 0 Å². The summed E-state index contributed by atoms with van der Waals surface area (Å²) in [6.45, 7) is 2.07. The first-order valence-corrected chi connectivity index (χ1v) is 15.6. The van der Waals surface area contributed by atoms with Crippen LogP contribution in [0.1, 0.15) is 57.4 Å². The number of sulfonamides is 1.